The smallest absolute Gasteiger partial charge is 0.185 e. The Morgan fingerprint density at radius 1 is 1.31 bits per heavy atom. The van der Waals surface area contributed by atoms with Gasteiger partial charge in [-0.15, -0.1) is 10.2 Å². The summed E-state index contributed by atoms with van der Waals surface area (Å²) < 4.78 is 1.83. The van der Waals surface area contributed by atoms with Gasteiger partial charge < -0.3 is 19.9 Å². The molecule has 2 aromatic heterocycles. The molecule has 0 saturated carbocycles. The number of hydrogen-bond acceptors (Lipinski definition) is 7. The Morgan fingerprint density at radius 2 is 2.21 bits per heavy atom. The highest BCUT2D eigenvalue weighted by molar-refractivity contribution is 5.66. The Balaban J connectivity index is 1.35. The van der Waals surface area contributed by atoms with Gasteiger partial charge in [-0.3, -0.25) is 0 Å². The van der Waals surface area contributed by atoms with E-state index in [0.717, 1.165) is 24.3 Å². The summed E-state index contributed by atoms with van der Waals surface area (Å²) in [6.45, 7) is 2.32. The Kier molecular flexibility index (Phi) is 4.24. The van der Waals surface area contributed by atoms with Crippen LogP contribution in [-0.4, -0.2) is 54.5 Å². The molecule has 2 saturated heterocycles. The lowest BCUT2D eigenvalue weighted by Gasteiger charge is -2.40. The van der Waals surface area contributed by atoms with Gasteiger partial charge in [0.2, 0.25) is 0 Å². The van der Waals surface area contributed by atoms with Crippen molar-refractivity contribution in [2.45, 2.75) is 50.2 Å². The van der Waals surface area contributed by atoms with Crippen LogP contribution in [0.4, 0.5) is 5.82 Å². The number of aromatic hydroxyl groups is 1. The van der Waals surface area contributed by atoms with Crippen LogP contribution < -0.4 is 10.2 Å². The Morgan fingerprint density at radius 3 is 2.90 bits per heavy atom. The molecule has 2 aliphatic heterocycles. The quantitative estimate of drug-likeness (QED) is 0.706. The van der Waals surface area contributed by atoms with Gasteiger partial charge in [0, 0.05) is 43.1 Å². The number of hydrogen-bond donors (Lipinski definition) is 2. The first-order valence-electron chi connectivity index (χ1n) is 10.0. The fourth-order valence-electron chi connectivity index (χ4n) is 4.72. The van der Waals surface area contributed by atoms with Gasteiger partial charge in [0.15, 0.2) is 11.6 Å². The van der Waals surface area contributed by atoms with E-state index in [0.29, 0.717) is 23.5 Å². The van der Waals surface area contributed by atoms with E-state index in [1.54, 1.807) is 30.9 Å². The number of benzene rings is 1. The molecule has 4 heterocycles. The van der Waals surface area contributed by atoms with Gasteiger partial charge in [-0.1, -0.05) is 0 Å². The van der Waals surface area contributed by atoms with Crippen molar-refractivity contribution >= 4 is 5.82 Å². The van der Waals surface area contributed by atoms with Crippen LogP contribution in [0.15, 0.2) is 43.1 Å². The van der Waals surface area contributed by atoms with Crippen molar-refractivity contribution in [2.75, 3.05) is 11.9 Å². The topological polar surface area (TPSA) is 92.0 Å². The molecule has 0 amide bonds. The zero-order chi connectivity index (χ0) is 20.0. The standard InChI is InChI=1S/C21H25N7O/c1-21-6-5-14(24-21)9-16(11-21)27(2)19-12-23-20(26-25-19)17-4-3-15(10-18(17)29)28-8-7-22-13-28/h3-4,7-8,10,12-14,16,24,29H,5-6,9,11H2,1-2H3/t14-,16-,21+/m1/s1. The van der Waals surface area contributed by atoms with E-state index in [-0.39, 0.29) is 11.3 Å². The van der Waals surface area contributed by atoms with Crippen molar-refractivity contribution in [2.24, 2.45) is 0 Å². The molecule has 0 radical (unpaired) electrons. The Bertz CT molecular complexity index is 1000. The normalized spacial score (nSPS) is 25.9. The zero-order valence-corrected chi connectivity index (χ0v) is 16.7. The maximum atomic E-state index is 10.5. The monoisotopic (exact) mass is 391 g/mol. The summed E-state index contributed by atoms with van der Waals surface area (Å²) in [4.78, 5) is 10.7. The van der Waals surface area contributed by atoms with Crippen LogP contribution >= 0.6 is 0 Å². The molecule has 8 nitrogen and oxygen atoms in total. The van der Waals surface area contributed by atoms with Crippen molar-refractivity contribution in [1.82, 2.24) is 30.0 Å². The lowest BCUT2D eigenvalue weighted by Crippen LogP contribution is -2.53. The average molecular weight is 391 g/mol. The predicted octanol–water partition coefficient (Wildman–Crippen LogP) is 2.54. The van der Waals surface area contributed by atoms with Crippen LogP contribution in [0.3, 0.4) is 0 Å². The van der Waals surface area contributed by atoms with Gasteiger partial charge in [0.05, 0.1) is 23.8 Å². The zero-order valence-electron chi connectivity index (χ0n) is 16.7. The predicted molar refractivity (Wildman–Crippen MR) is 110 cm³/mol. The first-order chi connectivity index (χ1) is 14.0. The number of fused-ring (bicyclic) bond motifs is 2. The molecule has 0 spiro atoms. The molecule has 2 N–H and O–H groups in total. The van der Waals surface area contributed by atoms with Crippen LogP contribution in [0, 0.1) is 0 Å². The highest BCUT2D eigenvalue weighted by atomic mass is 16.3. The third kappa shape index (κ3) is 3.33. The number of piperidine rings is 1. The van der Waals surface area contributed by atoms with Crippen molar-refractivity contribution < 1.29 is 5.11 Å². The maximum absolute atomic E-state index is 10.5. The minimum Gasteiger partial charge on any atom is -0.507 e. The lowest BCUT2D eigenvalue weighted by molar-refractivity contribution is 0.266. The van der Waals surface area contributed by atoms with Crippen molar-refractivity contribution in [3.8, 4) is 22.8 Å². The fraction of sp³-hybridized carbons (Fsp3) is 0.429. The number of nitrogens with one attached hydrogen (secondary N) is 1. The maximum Gasteiger partial charge on any atom is 0.185 e. The van der Waals surface area contributed by atoms with Crippen LogP contribution in [-0.2, 0) is 0 Å². The molecule has 0 unspecified atom stereocenters. The van der Waals surface area contributed by atoms with Crippen LogP contribution in [0.2, 0.25) is 0 Å². The van der Waals surface area contributed by atoms with Gasteiger partial charge in [-0.25, -0.2) is 9.97 Å². The lowest BCUT2D eigenvalue weighted by atomic mass is 9.88. The highest BCUT2D eigenvalue weighted by Crippen LogP contribution is 2.38. The van der Waals surface area contributed by atoms with Crippen molar-refractivity contribution in [1.29, 1.82) is 0 Å². The molecule has 2 fully saturated rings. The van der Waals surface area contributed by atoms with Gasteiger partial charge in [-0.05, 0) is 44.7 Å². The molecule has 29 heavy (non-hydrogen) atoms. The van der Waals surface area contributed by atoms with E-state index in [1.807, 2.05) is 16.8 Å². The van der Waals surface area contributed by atoms with E-state index in [9.17, 15) is 5.11 Å². The molecule has 150 valence electrons. The van der Waals surface area contributed by atoms with Crippen molar-refractivity contribution in [3.63, 3.8) is 0 Å². The van der Waals surface area contributed by atoms with Gasteiger partial charge in [0.1, 0.15) is 5.75 Å². The first kappa shape index (κ1) is 18.1. The number of phenolic OH excluding ortho intramolecular Hbond substituents is 1. The average Bonchev–Trinajstić information content (AvgIpc) is 3.35. The highest BCUT2D eigenvalue weighted by Gasteiger charge is 2.43. The molecule has 2 bridgehead atoms. The number of nitrogens with zero attached hydrogens (tertiary/aromatic N) is 6. The number of phenols is 1. The van der Waals surface area contributed by atoms with E-state index in [4.69, 9.17) is 0 Å². The fourth-order valence-corrected chi connectivity index (χ4v) is 4.72. The summed E-state index contributed by atoms with van der Waals surface area (Å²) in [6.07, 6.45) is 11.7. The van der Waals surface area contributed by atoms with E-state index >= 15 is 0 Å². The molecular formula is C21H25N7O. The summed E-state index contributed by atoms with van der Waals surface area (Å²) in [5.41, 5.74) is 1.61. The first-order valence-corrected chi connectivity index (χ1v) is 10.0. The SMILES string of the molecule is CN(c1cnc(-c2ccc(-n3ccnc3)cc2O)nn1)[C@@H]1C[C@H]2CC[C@@](C)(C1)N2. The molecular weight excluding hydrogens is 366 g/mol. The second-order valence-corrected chi connectivity index (χ2v) is 8.46. The van der Waals surface area contributed by atoms with Crippen LogP contribution in [0.1, 0.15) is 32.6 Å². The summed E-state index contributed by atoms with van der Waals surface area (Å²) in [6, 6.07) is 6.39. The van der Waals surface area contributed by atoms with Gasteiger partial charge in [-0.2, -0.15) is 0 Å². The summed E-state index contributed by atoms with van der Waals surface area (Å²) in [7, 11) is 2.07. The minimum atomic E-state index is 0.113. The molecule has 8 heteroatoms. The largest absolute Gasteiger partial charge is 0.507 e. The molecule has 2 aliphatic rings. The molecule has 3 atom stereocenters. The van der Waals surface area contributed by atoms with Gasteiger partial charge in [0.25, 0.3) is 0 Å². The third-order valence-corrected chi connectivity index (χ3v) is 6.32. The number of anilines is 1. The van der Waals surface area contributed by atoms with E-state index in [2.05, 4.69) is 44.4 Å². The molecule has 5 rings (SSSR count). The Hall–Kier alpha value is -3.00. The summed E-state index contributed by atoms with van der Waals surface area (Å²) >= 11 is 0. The number of aromatic nitrogens is 5. The van der Waals surface area contributed by atoms with Crippen LogP contribution in [0.25, 0.3) is 17.1 Å². The summed E-state index contributed by atoms with van der Waals surface area (Å²) in [5.74, 6) is 1.29. The molecule has 0 aliphatic carbocycles. The second kappa shape index (κ2) is 6.81. The van der Waals surface area contributed by atoms with Crippen LogP contribution in [0.5, 0.6) is 5.75 Å². The van der Waals surface area contributed by atoms with E-state index < -0.39 is 0 Å². The van der Waals surface area contributed by atoms with Gasteiger partial charge >= 0.3 is 0 Å². The van der Waals surface area contributed by atoms with E-state index in [1.165, 1.54) is 12.8 Å². The second-order valence-electron chi connectivity index (χ2n) is 8.46. The summed E-state index contributed by atoms with van der Waals surface area (Å²) in [5, 5.41) is 22.9. The molecule has 1 aromatic carbocycles. The molecule has 3 aromatic rings. The number of imidazole rings is 1. The van der Waals surface area contributed by atoms with Crippen molar-refractivity contribution in [3.05, 3.63) is 43.1 Å². The Labute approximate surface area is 169 Å². The minimum absolute atomic E-state index is 0.113. The number of rotatable bonds is 4. The third-order valence-electron chi connectivity index (χ3n) is 6.32.